The number of hydrogen-bond acceptors (Lipinski definition) is 4. The van der Waals surface area contributed by atoms with Gasteiger partial charge in [-0.2, -0.15) is 0 Å². The monoisotopic (exact) mass is 308 g/mol. The highest BCUT2D eigenvalue weighted by Gasteiger charge is 2.20. The number of carbonyl (C=O) groups excluding carboxylic acids is 1. The van der Waals surface area contributed by atoms with E-state index >= 15 is 0 Å². The molecule has 0 bridgehead atoms. The van der Waals surface area contributed by atoms with Crippen LogP contribution in [0.3, 0.4) is 0 Å². The van der Waals surface area contributed by atoms with Gasteiger partial charge in [0.15, 0.2) is 0 Å². The minimum atomic E-state index is -2.73. The smallest absolute Gasteiger partial charge is 0.310 e. The molecule has 0 aliphatic carbocycles. The van der Waals surface area contributed by atoms with Gasteiger partial charge in [-0.25, -0.2) is 8.78 Å². The summed E-state index contributed by atoms with van der Waals surface area (Å²) in [6, 6.07) is 0. The van der Waals surface area contributed by atoms with Crippen molar-refractivity contribution in [1.82, 2.24) is 4.98 Å². The van der Waals surface area contributed by atoms with Crippen LogP contribution in [0.5, 0.6) is 0 Å². The number of rotatable bonds is 4. The zero-order chi connectivity index (χ0) is 13.0. The molecule has 0 radical (unpaired) electrons. The van der Waals surface area contributed by atoms with Crippen LogP contribution in [0.25, 0.3) is 0 Å². The van der Waals surface area contributed by atoms with E-state index in [0.29, 0.717) is 11.0 Å². The number of anilines is 1. The van der Waals surface area contributed by atoms with E-state index in [1.165, 1.54) is 7.11 Å². The first-order valence-corrected chi connectivity index (χ1v) is 5.80. The first-order chi connectivity index (χ1) is 8.01. The summed E-state index contributed by atoms with van der Waals surface area (Å²) in [6.45, 7) is 0. The third-order valence-electron chi connectivity index (χ3n) is 2.25. The molecule has 0 unspecified atom stereocenters. The molecular formula is C10H11BrF2N2O2. The van der Waals surface area contributed by atoms with Crippen LogP contribution in [-0.2, 0) is 21.3 Å². The molecule has 7 heteroatoms. The molecule has 17 heavy (non-hydrogen) atoms. The van der Waals surface area contributed by atoms with Gasteiger partial charge < -0.3 is 10.5 Å². The lowest BCUT2D eigenvalue weighted by atomic mass is 10.0. The lowest BCUT2D eigenvalue weighted by Crippen LogP contribution is -2.12. The van der Waals surface area contributed by atoms with Crippen LogP contribution >= 0.6 is 15.9 Å². The fraction of sp³-hybridized carbons (Fsp3) is 0.400. The zero-order valence-corrected chi connectivity index (χ0v) is 10.6. The van der Waals surface area contributed by atoms with Crippen molar-refractivity contribution in [2.45, 2.75) is 18.2 Å². The number of nitrogens with zero attached hydrogens (tertiary/aromatic N) is 1. The highest BCUT2D eigenvalue weighted by atomic mass is 79.9. The zero-order valence-electron chi connectivity index (χ0n) is 9.04. The van der Waals surface area contributed by atoms with E-state index in [-0.39, 0.29) is 23.2 Å². The summed E-state index contributed by atoms with van der Waals surface area (Å²) < 4.78 is 29.9. The summed E-state index contributed by atoms with van der Waals surface area (Å²) >= 11 is 3.14. The maximum atomic E-state index is 12.7. The molecule has 1 rings (SSSR count). The average Bonchev–Trinajstić information content (AvgIpc) is 2.30. The molecule has 1 aromatic rings. The SMILES string of the molecule is COC(=O)Cc1c(C(F)F)cnc(CBr)c1N. The Morgan fingerprint density at radius 3 is 2.76 bits per heavy atom. The average molecular weight is 309 g/mol. The fourth-order valence-electron chi connectivity index (χ4n) is 1.33. The number of ether oxygens (including phenoxy) is 1. The van der Waals surface area contributed by atoms with Gasteiger partial charge in [-0.1, -0.05) is 15.9 Å². The minimum absolute atomic E-state index is 0.0799. The number of hydrogen-bond donors (Lipinski definition) is 1. The predicted molar refractivity (Wildman–Crippen MR) is 62.0 cm³/mol. The van der Waals surface area contributed by atoms with Gasteiger partial charge in [-0.3, -0.25) is 9.78 Å². The number of esters is 1. The molecule has 2 N–H and O–H groups in total. The second-order valence-corrected chi connectivity index (χ2v) is 3.80. The van der Waals surface area contributed by atoms with Crippen LogP contribution < -0.4 is 5.73 Å². The molecule has 0 atom stereocenters. The highest BCUT2D eigenvalue weighted by molar-refractivity contribution is 9.08. The van der Waals surface area contributed by atoms with Crippen LogP contribution in [0.15, 0.2) is 6.20 Å². The lowest BCUT2D eigenvalue weighted by molar-refractivity contribution is -0.139. The van der Waals surface area contributed by atoms with E-state index in [4.69, 9.17) is 5.73 Å². The minimum Gasteiger partial charge on any atom is -0.469 e. The van der Waals surface area contributed by atoms with Crippen LogP contribution in [-0.4, -0.2) is 18.1 Å². The van der Waals surface area contributed by atoms with Crippen LogP contribution in [0.1, 0.15) is 23.2 Å². The van der Waals surface area contributed by atoms with Crippen molar-refractivity contribution in [3.63, 3.8) is 0 Å². The number of carbonyl (C=O) groups is 1. The Balaban J connectivity index is 3.24. The van der Waals surface area contributed by atoms with Crippen molar-refractivity contribution >= 4 is 27.6 Å². The van der Waals surface area contributed by atoms with Gasteiger partial charge in [0, 0.05) is 17.1 Å². The Bertz CT molecular complexity index is 427. The van der Waals surface area contributed by atoms with E-state index in [2.05, 4.69) is 25.7 Å². The quantitative estimate of drug-likeness (QED) is 0.684. The number of methoxy groups -OCH3 is 1. The number of pyridine rings is 1. The van der Waals surface area contributed by atoms with Crippen molar-refractivity contribution in [1.29, 1.82) is 0 Å². The fourth-order valence-corrected chi connectivity index (χ4v) is 1.78. The van der Waals surface area contributed by atoms with Crippen LogP contribution in [0.4, 0.5) is 14.5 Å². The normalized spacial score (nSPS) is 10.6. The van der Waals surface area contributed by atoms with Gasteiger partial charge in [-0.05, 0) is 5.56 Å². The number of alkyl halides is 3. The summed E-state index contributed by atoms with van der Waals surface area (Å²) in [5.74, 6) is -0.620. The van der Waals surface area contributed by atoms with E-state index in [1.807, 2.05) is 0 Å². The molecule has 0 saturated heterocycles. The second kappa shape index (κ2) is 5.90. The van der Waals surface area contributed by atoms with Gasteiger partial charge in [0.2, 0.25) is 0 Å². The van der Waals surface area contributed by atoms with Gasteiger partial charge in [0.25, 0.3) is 6.43 Å². The summed E-state index contributed by atoms with van der Waals surface area (Å²) in [4.78, 5) is 15.0. The van der Waals surface area contributed by atoms with Crippen molar-refractivity contribution < 1.29 is 18.3 Å². The van der Waals surface area contributed by atoms with Crippen molar-refractivity contribution in [3.05, 3.63) is 23.0 Å². The number of nitrogen functional groups attached to an aromatic ring is 1. The van der Waals surface area contributed by atoms with Gasteiger partial charge in [-0.15, -0.1) is 0 Å². The van der Waals surface area contributed by atoms with Gasteiger partial charge in [0.05, 0.1) is 24.9 Å². The Morgan fingerprint density at radius 2 is 2.29 bits per heavy atom. The predicted octanol–water partition coefficient (Wildman–Crippen LogP) is 2.21. The summed E-state index contributed by atoms with van der Waals surface area (Å²) in [7, 11) is 1.19. The summed E-state index contributed by atoms with van der Waals surface area (Å²) in [5.41, 5.74) is 5.97. The van der Waals surface area contributed by atoms with E-state index in [1.54, 1.807) is 0 Å². The second-order valence-electron chi connectivity index (χ2n) is 3.24. The molecule has 0 saturated carbocycles. The molecule has 1 aromatic heterocycles. The number of aromatic nitrogens is 1. The number of nitrogens with two attached hydrogens (primary N) is 1. The first-order valence-electron chi connectivity index (χ1n) is 4.68. The molecule has 0 fully saturated rings. The van der Waals surface area contributed by atoms with E-state index in [0.717, 1.165) is 6.20 Å². The Morgan fingerprint density at radius 1 is 1.65 bits per heavy atom. The number of halogens is 3. The maximum absolute atomic E-state index is 12.7. The Kier molecular flexibility index (Phi) is 4.80. The molecular weight excluding hydrogens is 298 g/mol. The van der Waals surface area contributed by atoms with Crippen molar-refractivity contribution in [3.8, 4) is 0 Å². The van der Waals surface area contributed by atoms with Crippen LogP contribution in [0, 0.1) is 0 Å². The lowest BCUT2D eigenvalue weighted by Gasteiger charge is -2.13. The standard InChI is InChI=1S/C10H11BrF2N2O2/c1-17-8(16)2-5-6(10(12)13)4-15-7(3-11)9(5)14/h4,10H,2-3,14H2,1H3. The maximum Gasteiger partial charge on any atom is 0.310 e. The molecule has 0 aromatic carbocycles. The summed E-state index contributed by atoms with van der Waals surface area (Å²) in [5, 5.41) is 0.330. The molecule has 0 spiro atoms. The molecule has 1 heterocycles. The Labute approximate surface area is 105 Å². The Hall–Kier alpha value is -1.24. The first kappa shape index (κ1) is 13.8. The van der Waals surface area contributed by atoms with Crippen molar-refractivity contribution in [2.24, 2.45) is 0 Å². The van der Waals surface area contributed by atoms with Crippen molar-refractivity contribution in [2.75, 3.05) is 12.8 Å². The third-order valence-corrected chi connectivity index (χ3v) is 2.79. The topological polar surface area (TPSA) is 65.2 Å². The molecule has 4 nitrogen and oxygen atoms in total. The van der Waals surface area contributed by atoms with Gasteiger partial charge >= 0.3 is 5.97 Å². The largest absolute Gasteiger partial charge is 0.469 e. The highest BCUT2D eigenvalue weighted by Crippen LogP contribution is 2.29. The van der Waals surface area contributed by atoms with E-state index < -0.39 is 12.4 Å². The van der Waals surface area contributed by atoms with Crippen LogP contribution in [0.2, 0.25) is 0 Å². The molecule has 0 amide bonds. The molecule has 94 valence electrons. The van der Waals surface area contributed by atoms with E-state index in [9.17, 15) is 13.6 Å². The summed E-state index contributed by atoms with van der Waals surface area (Å²) in [6.07, 6.45) is -1.98. The third kappa shape index (κ3) is 3.12. The molecule has 0 aliphatic rings. The van der Waals surface area contributed by atoms with Gasteiger partial charge in [0.1, 0.15) is 0 Å². The molecule has 0 aliphatic heterocycles.